The Morgan fingerprint density at radius 2 is 1.38 bits per heavy atom. The van der Waals surface area contributed by atoms with E-state index in [1.165, 1.54) is 44.9 Å². The fraction of sp³-hybridized carbons (Fsp3) is 0.909. The Hall–Kier alpha value is -1.06. The van der Waals surface area contributed by atoms with Gasteiger partial charge in [-0.15, -0.1) is 0 Å². The van der Waals surface area contributed by atoms with Crippen molar-refractivity contribution >= 4 is 11.9 Å². The molecule has 4 nitrogen and oxygen atoms in total. The zero-order valence-corrected chi connectivity index (χ0v) is 17.2. The minimum Gasteiger partial charge on any atom is -0.481 e. The summed E-state index contributed by atoms with van der Waals surface area (Å²) < 4.78 is 5.82. The maximum absolute atomic E-state index is 12.5. The Balaban J connectivity index is 2.23. The van der Waals surface area contributed by atoms with Crippen LogP contribution in [0.25, 0.3) is 0 Å². The van der Waals surface area contributed by atoms with Gasteiger partial charge in [0.2, 0.25) is 0 Å². The summed E-state index contributed by atoms with van der Waals surface area (Å²) in [4.78, 5) is 23.5. The van der Waals surface area contributed by atoms with Gasteiger partial charge in [-0.1, -0.05) is 65.7 Å². The van der Waals surface area contributed by atoms with E-state index in [1.54, 1.807) is 0 Å². The van der Waals surface area contributed by atoms with Crippen molar-refractivity contribution < 1.29 is 19.4 Å². The van der Waals surface area contributed by atoms with Gasteiger partial charge in [0.05, 0.1) is 11.8 Å². The molecule has 0 heterocycles. The average Bonchev–Trinajstić information content (AvgIpc) is 2.62. The maximum Gasteiger partial charge on any atom is 0.309 e. The van der Waals surface area contributed by atoms with Gasteiger partial charge in [0, 0.05) is 0 Å². The molecule has 0 saturated heterocycles. The number of esters is 1. The molecule has 1 aliphatic carbocycles. The highest BCUT2D eigenvalue weighted by Gasteiger charge is 2.32. The SMILES string of the molecule is CCCCCCCCCCC(OC(=O)C1CCC(C(=O)O)CC1)C(C)C. The van der Waals surface area contributed by atoms with Gasteiger partial charge < -0.3 is 9.84 Å². The predicted molar refractivity (Wildman–Crippen MR) is 105 cm³/mol. The van der Waals surface area contributed by atoms with Crippen molar-refractivity contribution in [2.45, 2.75) is 110 Å². The van der Waals surface area contributed by atoms with Crippen molar-refractivity contribution in [3.8, 4) is 0 Å². The Kier molecular flexibility index (Phi) is 11.6. The smallest absolute Gasteiger partial charge is 0.309 e. The number of ether oxygens (including phenoxy) is 1. The molecule has 0 aliphatic heterocycles. The minimum atomic E-state index is -0.730. The first-order valence-electron chi connectivity index (χ1n) is 10.9. The summed E-state index contributed by atoms with van der Waals surface area (Å²) in [6.45, 7) is 6.47. The first kappa shape index (κ1) is 23.0. The predicted octanol–water partition coefficient (Wildman–Crippen LogP) is 5.98. The summed E-state index contributed by atoms with van der Waals surface area (Å²) in [6, 6.07) is 0. The van der Waals surface area contributed by atoms with E-state index in [2.05, 4.69) is 20.8 Å². The largest absolute Gasteiger partial charge is 0.481 e. The summed E-state index contributed by atoms with van der Waals surface area (Å²) in [6.07, 6.45) is 13.7. The second-order valence-corrected chi connectivity index (χ2v) is 8.37. The number of aliphatic carboxylic acids is 1. The van der Waals surface area contributed by atoms with E-state index in [4.69, 9.17) is 9.84 Å². The van der Waals surface area contributed by atoms with Crippen LogP contribution in [0.5, 0.6) is 0 Å². The molecule has 1 unspecified atom stereocenters. The van der Waals surface area contributed by atoms with Crippen LogP contribution in [0.2, 0.25) is 0 Å². The van der Waals surface area contributed by atoms with Gasteiger partial charge in [0.15, 0.2) is 0 Å². The van der Waals surface area contributed by atoms with Crippen LogP contribution in [0.1, 0.15) is 104 Å². The van der Waals surface area contributed by atoms with E-state index in [9.17, 15) is 9.59 Å². The number of carboxylic acid groups (broad SMARTS) is 1. The quantitative estimate of drug-likeness (QED) is 0.321. The van der Waals surface area contributed by atoms with Crippen LogP contribution >= 0.6 is 0 Å². The number of carbonyl (C=O) groups excluding carboxylic acids is 1. The standard InChI is InChI=1S/C22H40O4/c1-4-5-6-7-8-9-10-11-12-20(17(2)3)26-22(25)19-15-13-18(14-16-19)21(23)24/h17-20H,4-16H2,1-3H3,(H,23,24). The van der Waals surface area contributed by atoms with Crippen LogP contribution in [0.15, 0.2) is 0 Å². The van der Waals surface area contributed by atoms with Gasteiger partial charge in [0.25, 0.3) is 0 Å². The third kappa shape index (κ3) is 9.05. The highest BCUT2D eigenvalue weighted by atomic mass is 16.5. The van der Waals surface area contributed by atoms with Gasteiger partial charge in [-0.3, -0.25) is 9.59 Å². The molecule has 1 fully saturated rings. The number of hydrogen-bond donors (Lipinski definition) is 1. The summed E-state index contributed by atoms with van der Waals surface area (Å²) in [5, 5.41) is 9.07. The molecular formula is C22H40O4. The van der Waals surface area contributed by atoms with Gasteiger partial charge in [-0.05, 0) is 44.4 Å². The minimum absolute atomic E-state index is 0.000196. The van der Waals surface area contributed by atoms with Crippen molar-refractivity contribution in [2.24, 2.45) is 17.8 Å². The highest BCUT2D eigenvalue weighted by molar-refractivity contribution is 5.74. The number of hydrogen-bond acceptors (Lipinski definition) is 3. The molecule has 1 atom stereocenters. The van der Waals surface area contributed by atoms with Crippen LogP contribution in [0, 0.1) is 17.8 Å². The van der Waals surface area contributed by atoms with Gasteiger partial charge >= 0.3 is 11.9 Å². The molecule has 0 bridgehead atoms. The van der Waals surface area contributed by atoms with E-state index in [0.29, 0.717) is 31.6 Å². The molecule has 1 rings (SSSR count). The third-order valence-electron chi connectivity index (χ3n) is 5.76. The highest BCUT2D eigenvalue weighted by Crippen LogP contribution is 2.30. The Labute approximate surface area is 160 Å². The fourth-order valence-corrected chi connectivity index (χ4v) is 3.83. The van der Waals surface area contributed by atoms with Gasteiger partial charge in [-0.2, -0.15) is 0 Å². The topological polar surface area (TPSA) is 63.6 Å². The molecule has 1 N–H and O–H groups in total. The van der Waals surface area contributed by atoms with E-state index in [1.807, 2.05) is 0 Å². The zero-order valence-electron chi connectivity index (χ0n) is 17.2. The first-order chi connectivity index (χ1) is 12.5. The maximum atomic E-state index is 12.5. The lowest BCUT2D eigenvalue weighted by Crippen LogP contribution is -2.31. The van der Waals surface area contributed by atoms with Crippen LogP contribution < -0.4 is 0 Å². The molecule has 1 aliphatic rings. The number of carboxylic acids is 1. The van der Waals surface area contributed by atoms with E-state index < -0.39 is 5.97 Å². The molecule has 152 valence electrons. The molecule has 0 aromatic heterocycles. The van der Waals surface area contributed by atoms with Crippen LogP contribution in [0.4, 0.5) is 0 Å². The van der Waals surface area contributed by atoms with Crippen molar-refractivity contribution in [1.29, 1.82) is 0 Å². The second kappa shape index (κ2) is 13.2. The number of unbranched alkanes of at least 4 members (excludes halogenated alkanes) is 7. The number of carbonyl (C=O) groups is 2. The van der Waals surface area contributed by atoms with Crippen molar-refractivity contribution in [1.82, 2.24) is 0 Å². The molecule has 0 aromatic rings. The normalized spacial score (nSPS) is 21.5. The second-order valence-electron chi connectivity index (χ2n) is 8.37. The molecule has 0 radical (unpaired) electrons. The summed E-state index contributed by atoms with van der Waals surface area (Å²) in [5.74, 6) is -0.889. The van der Waals surface area contributed by atoms with Gasteiger partial charge in [0.1, 0.15) is 6.10 Å². The summed E-state index contributed by atoms with van der Waals surface area (Å²) in [7, 11) is 0. The molecule has 0 aromatic carbocycles. The summed E-state index contributed by atoms with van der Waals surface area (Å²) in [5.41, 5.74) is 0. The number of rotatable bonds is 13. The molecule has 26 heavy (non-hydrogen) atoms. The summed E-state index contributed by atoms with van der Waals surface area (Å²) >= 11 is 0. The zero-order chi connectivity index (χ0) is 19.4. The van der Waals surface area contributed by atoms with Crippen LogP contribution in [-0.2, 0) is 14.3 Å². The molecular weight excluding hydrogens is 328 g/mol. The van der Waals surface area contributed by atoms with Crippen LogP contribution in [-0.4, -0.2) is 23.1 Å². The Morgan fingerprint density at radius 3 is 1.88 bits per heavy atom. The van der Waals surface area contributed by atoms with Crippen LogP contribution in [0.3, 0.4) is 0 Å². The monoisotopic (exact) mass is 368 g/mol. The van der Waals surface area contributed by atoms with Crippen molar-refractivity contribution in [3.63, 3.8) is 0 Å². The molecule has 1 saturated carbocycles. The lowest BCUT2D eigenvalue weighted by atomic mass is 9.82. The lowest BCUT2D eigenvalue weighted by Gasteiger charge is -2.28. The lowest BCUT2D eigenvalue weighted by molar-refractivity contribution is -0.159. The Bertz CT molecular complexity index is 397. The van der Waals surface area contributed by atoms with Crippen molar-refractivity contribution in [2.75, 3.05) is 0 Å². The molecule has 0 spiro atoms. The van der Waals surface area contributed by atoms with Crippen molar-refractivity contribution in [3.05, 3.63) is 0 Å². The average molecular weight is 369 g/mol. The molecule has 0 amide bonds. The fourth-order valence-electron chi connectivity index (χ4n) is 3.83. The first-order valence-corrected chi connectivity index (χ1v) is 10.9. The Morgan fingerprint density at radius 1 is 0.885 bits per heavy atom. The van der Waals surface area contributed by atoms with E-state index in [0.717, 1.165) is 12.8 Å². The van der Waals surface area contributed by atoms with E-state index in [-0.39, 0.29) is 23.9 Å². The third-order valence-corrected chi connectivity index (χ3v) is 5.76. The van der Waals surface area contributed by atoms with Gasteiger partial charge in [-0.25, -0.2) is 0 Å². The van der Waals surface area contributed by atoms with E-state index >= 15 is 0 Å². The molecule has 4 heteroatoms.